The fourth-order valence-corrected chi connectivity index (χ4v) is 4.33. The molecule has 0 radical (unpaired) electrons. The first-order valence-corrected chi connectivity index (χ1v) is 6.49. The summed E-state index contributed by atoms with van der Waals surface area (Å²) in [5.74, 6) is 2.35. The minimum Gasteiger partial charge on any atom is -0.481 e. The number of hydrogen-bond acceptors (Lipinski definition) is 2. The van der Waals surface area contributed by atoms with Crippen molar-refractivity contribution in [3.8, 4) is 0 Å². The quantitative estimate of drug-likeness (QED) is 0.720. The van der Waals surface area contributed by atoms with E-state index in [0.29, 0.717) is 11.8 Å². The summed E-state index contributed by atoms with van der Waals surface area (Å²) in [6.07, 6.45) is 6.25. The van der Waals surface area contributed by atoms with Crippen LogP contribution in [0.2, 0.25) is 0 Å². The Labute approximate surface area is 96.9 Å². The van der Waals surface area contributed by atoms with E-state index < -0.39 is 5.97 Å². The van der Waals surface area contributed by atoms with Crippen molar-refractivity contribution in [2.75, 3.05) is 6.61 Å². The third-order valence-electron chi connectivity index (χ3n) is 4.51. The Kier molecular flexibility index (Phi) is 3.53. The van der Waals surface area contributed by atoms with Gasteiger partial charge < -0.3 is 10.2 Å². The summed E-state index contributed by atoms with van der Waals surface area (Å²) in [7, 11) is 0. The molecule has 0 aliphatic heterocycles. The topological polar surface area (TPSA) is 57.5 Å². The van der Waals surface area contributed by atoms with Crippen LogP contribution in [0.15, 0.2) is 0 Å². The van der Waals surface area contributed by atoms with Gasteiger partial charge in [-0.15, -0.1) is 0 Å². The van der Waals surface area contributed by atoms with E-state index in [2.05, 4.69) is 0 Å². The summed E-state index contributed by atoms with van der Waals surface area (Å²) in [5, 5.41) is 16.7. The third-order valence-corrected chi connectivity index (χ3v) is 4.51. The van der Waals surface area contributed by atoms with Crippen molar-refractivity contribution in [2.24, 2.45) is 29.6 Å². The molecule has 0 unspecified atom stereocenters. The zero-order valence-corrected chi connectivity index (χ0v) is 9.93. The number of aliphatic hydroxyl groups is 1. The van der Waals surface area contributed by atoms with E-state index >= 15 is 0 Å². The lowest BCUT2D eigenvalue weighted by atomic mass is 9.52. The minimum absolute atomic E-state index is 0.0211. The van der Waals surface area contributed by atoms with Gasteiger partial charge >= 0.3 is 5.97 Å². The molecule has 0 spiro atoms. The second kappa shape index (κ2) is 4.74. The van der Waals surface area contributed by atoms with Crippen molar-refractivity contribution in [1.29, 1.82) is 0 Å². The minimum atomic E-state index is -0.520. The molecule has 0 aromatic heterocycles. The molecule has 3 heteroatoms. The summed E-state index contributed by atoms with van der Waals surface area (Å²) < 4.78 is 0. The number of carboxylic acid groups (broad SMARTS) is 1. The van der Waals surface area contributed by atoms with Gasteiger partial charge in [-0.25, -0.2) is 0 Å². The van der Waals surface area contributed by atoms with Crippen LogP contribution in [-0.4, -0.2) is 22.8 Å². The van der Waals surface area contributed by atoms with Crippen LogP contribution in [0.5, 0.6) is 0 Å². The summed E-state index contributed by atoms with van der Waals surface area (Å²) >= 11 is 0. The lowest BCUT2D eigenvalue weighted by Crippen LogP contribution is -2.47. The van der Waals surface area contributed by atoms with Crippen molar-refractivity contribution in [3.63, 3.8) is 0 Å². The molecule has 0 aromatic rings. The average molecular weight is 226 g/mol. The van der Waals surface area contributed by atoms with Crippen LogP contribution >= 0.6 is 0 Å². The SMILES string of the molecule is CCO.O=C(O)C1C2CC3CC(C2)CC1C3. The number of hydrogen-bond donors (Lipinski definition) is 2. The van der Waals surface area contributed by atoms with Gasteiger partial charge in [0.2, 0.25) is 0 Å². The fourth-order valence-electron chi connectivity index (χ4n) is 4.33. The standard InChI is InChI=1S/C11H16O2.C2H6O/c12-11(13)10-8-2-6-1-7(4-8)5-9(10)3-6;1-2-3/h6-10H,1-5H2,(H,12,13);3H,2H2,1H3. The zero-order valence-electron chi connectivity index (χ0n) is 9.93. The Bertz CT molecular complexity index is 234. The van der Waals surface area contributed by atoms with E-state index in [1.54, 1.807) is 6.92 Å². The van der Waals surface area contributed by atoms with Crippen molar-refractivity contribution < 1.29 is 15.0 Å². The predicted octanol–water partition coefficient (Wildman–Crippen LogP) is 2.14. The maximum Gasteiger partial charge on any atom is 0.307 e. The molecule has 4 aliphatic carbocycles. The van der Waals surface area contributed by atoms with E-state index in [1.165, 1.54) is 32.1 Å². The molecule has 4 rings (SSSR count). The van der Waals surface area contributed by atoms with Crippen LogP contribution in [0.1, 0.15) is 39.0 Å². The van der Waals surface area contributed by atoms with Gasteiger partial charge in [0.05, 0.1) is 5.92 Å². The maximum absolute atomic E-state index is 11.1. The van der Waals surface area contributed by atoms with Crippen molar-refractivity contribution >= 4 is 5.97 Å². The van der Waals surface area contributed by atoms with Crippen LogP contribution in [0.25, 0.3) is 0 Å². The third kappa shape index (κ3) is 2.10. The number of carbonyl (C=O) groups is 1. The maximum atomic E-state index is 11.1. The highest BCUT2D eigenvalue weighted by molar-refractivity contribution is 5.71. The Morgan fingerprint density at radius 2 is 1.44 bits per heavy atom. The molecule has 0 atom stereocenters. The molecule has 0 amide bonds. The molecular weight excluding hydrogens is 204 g/mol. The van der Waals surface area contributed by atoms with Crippen LogP contribution in [0, 0.1) is 29.6 Å². The van der Waals surface area contributed by atoms with Crippen molar-refractivity contribution in [2.45, 2.75) is 39.0 Å². The smallest absolute Gasteiger partial charge is 0.307 e. The summed E-state index contributed by atoms with van der Waals surface area (Å²) in [4.78, 5) is 11.1. The number of carboxylic acids is 1. The van der Waals surface area contributed by atoms with E-state index in [1.807, 2.05) is 0 Å². The molecule has 4 aliphatic rings. The van der Waals surface area contributed by atoms with Crippen LogP contribution in [0.3, 0.4) is 0 Å². The molecule has 4 bridgehead atoms. The molecular formula is C13H22O3. The molecule has 0 aromatic carbocycles. The Hall–Kier alpha value is -0.570. The van der Waals surface area contributed by atoms with E-state index in [0.717, 1.165) is 11.8 Å². The Morgan fingerprint density at radius 1 is 1.06 bits per heavy atom. The van der Waals surface area contributed by atoms with Gasteiger partial charge in [-0.1, -0.05) is 0 Å². The lowest BCUT2D eigenvalue weighted by molar-refractivity contribution is -0.155. The van der Waals surface area contributed by atoms with Crippen LogP contribution in [0.4, 0.5) is 0 Å². The highest BCUT2D eigenvalue weighted by Gasteiger charge is 2.50. The normalized spacial score (nSPS) is 43.8. The second-order valence-electron chi connectivity index (χ2n) is 5.61. The van der Waals surface area contributed by atoms with Gasteiger partial charge in [-0.2, -0.15) is 0 Å². The number of aliphatic hydroxyl groups excluding tert-OH is 1. The van der Waals surface area contributed by atoms with E-state index in [-0.39, 0.29) is 12.5 Å². The molecule has 2 N–H and O–H groups in total. The largest absolute Gasteiger partial charge is 0.481 e. The molecule has 92 valence electrons. The molecule has 4 saturated carbocycles. The van der Waals surface area contributed by atoms with E-state index in [4.69, 9.17) is 10.2 Å². The van der Waals surface area contributed by atoms with Gasteiger partial charge in [-0.3, -0.25) is 4.79 Å². The summed E-state index contributed by atoms with van der Waals surface area (Å²) in [6.45, 7) is 1.93. The van der Waals surface area contributed by atoms with Gasteiger partial charge in [0.25, 0.3) is 0 Å². The zero-order chi connectivity index (χ0) is 11.7. The van der Waals surface area contributed by atoms with E-state index in [9.17, 15) is 4.79 Å². The van der Waals surface area contributed by atoms with Crippen LogP contribution in [-0.2, 0) is 4.79 Å². The van der Waals surface area contributed by atoms with Gasteiger partial charge in [-0.05, 0) is 62.7 Å². The number of aliphatic carboxylic acids is 1. The molecule has 4 fully saturated rings. The predicted molar refractivity (Wildman–Crippen MR) is 60.9 cm³/mol. The monoisotopic (exact) mass is 226 g/mol. The highest BCUT2D eigenvalue weighted by Crippen LogP contribution is 2.56. The summed E-state index contributed by atoms with van der Waals surface area (Å²) in [6, 6.07) is 0. The molecule has 0 heterocycles. The van der Waals surface area contributed by atoms with Gasteiger partial charge in [0, 0.05) is 6.61 Å². The lowest BCUT2D eigenvalue weighted by Gasteiger charge is -2.52. The van der Waals surface area contributed by atoms with Crippen molar-refractivity contribution in [1.82, 2.24) is 0 Å². The van der Waals surface area contributed by atoms with Crippen molar-refractivity contribution in [3.05, 3.63) is 0 Å². The first-order valence-electron chi connectivity index (χ1n) is 6.49. The number of rotatable bonds is 1. The Morgan fingerprint density at radius 3 is 1.75 bits per heavy atom. The second-order valence-corrected chi connectivity index (χ2v) is 5.61. The average Bonchev–Trinajstić information content (AvgIpc) is 2.15. The van der Waals surface area contributed by atoms with Crippen LogP contribution < -0.4 is 0 Å². The highest BCUT2D eigenvalue weighted by atomic mass is 16.4. The molecule has 0 saturated heterocycles. The van der Waals surface area contributed by atoms with Gasteiger partial charge in [0.1, 0.15) is 0 Å². The van der Waals surface area contributed by atoms with Gasteiger partial charge in [0.15, 0.2) is 0 Å². The Balaban J connectivity index is 0.000000292. The first kappa shape index (κ1) is 11.9. The summed E-state index contributed by atoms with van der Waals surface area (Å²) in [5.41, 5.74) is 0. The molecule has 3 nitrogen and oxygen atoms in total. The molecule has 16 heavy (non-hydrogen) atoms. The first-order chi connectivity index (χ1) is 7.65. The fraction of sp³-hybridized carbons (Fsp3) is 0.923.